The summed E-state index contributed by atoms with van der Waals surface area (Å²) in [5.74, 6) is -0.271. The van der Waals surface area contributed by atoms with Crippen LogP contribution in [0.15, 0.2) is 23.1 Å². The molecule has 1 atom stereocenters. The van der Waals surface area contributed by atoms with Crippen molar-refractivity contribution < 1.29 is 22.9 Å². The van der Waals surface area contributed by atoms with Crippen LogP contribution >= 0.6 is 0 Å². The predicted octanol–water partition coefficient (Wildman–Crippen LogP) is 0.339. The lowest BCUT2D eigenvalue weighted by molar-refractivity contribution is -0.117. The number of aryl methyl sites for hydroxylation is 1. The van der Waals surface area contributed by atoms with Crippen LogP contribution < -0.4 is 4.90 Å². The van der Waals surface area contributed by atoms with E-state index in [1.807, 2.05) is 0 Å². The molecule has 2 N–H and O–H groups in total. The maximum atomic E-state index is 11.6. The van der Waals surface area contributed by atoms with E-state index < -0.39 is 16.2 Å². The van der Waals surface area contributed by atoms with Gasteiger partial charge in [0.25, 0.3) is 10.1 Å². The molecule has 0 saturated carbocycles. The minimum atomic E-state index is -4.32. The molecule has 0 aromatic heterocycles. The Morgan fingerprint density at radius 1 is 1.39 bits per heavy atom. The number of aliphatic hydroxyl groups excluding tert-OH is 1. The average molecular weight is 271 g/mol. The van der Waals surface area contributed by atoms with Gasteiger partial charge in [0.05, 0.1) is 24.0 Å². The molecule has 1 unspecified atom stereocenters. The Morgan fingerprint density at radius 3 is 2.56 bits per heavy atom. The summed E-state index contributed by atoms with van der Waals surface area (Å²) in [6.45, 7) is 1.68. The fourth-order valence-electron chi connectivity index (χ4n) is 1.97. The molecule has 0 aliphatic carbocycles. The van der Waals surface area contributed by atoms with E-state index in [1.165, 1.54) is 17.0 Å². The smallest absolute Gasteiger partial charge is 0.294 e. The zero-order valence-electron chi connectivity index (χ0n) is 9.70. The van der Waals surface area contributed by atoms with E-state index in [9.17, 15) is 18.3 Å². The van der Waals surface area contributed by atoms with Crippen molar-refractivity contribution >= 4 is 21.7 Å². The molecule has 98 valence electrons. The summed E-state index contributed by atoms with van der Waals surface area (Å²) < 4.78 is 31.4. The van der Waals surface area contributed by atoms with Crippen molar-refractivity contribution in [2.45, 2.75) is 24.3 Å². The molecule has 1 saturated heterocycles. The van der Waals surface area contributed by atoms with Crippen LogP contribution in [0.4, 0.5) is 5.69 Å². The van der Waals surface area contributed by atoms with Gasteiger partial charge in [-0.2, -0.15) is 8.42 Å². The van der Waals surface area contributed by atoms with Crippen molar-refractivity contribution in [2.24, 2.45) is 0 Å². The monoisotopic (exact) mass is 271 g/mol. The van der Waals surface area contributed by atoms with E-state index in [0.29, 0.717) is 11.3 Å². The molecule has 7 heteroatoms. The number of nitrogens with zero attached hydrogens (tertiary/aromatic N) is 1. The van der Waals surface area contributed by atoms with Crippen LogP contribution in [0.25, 0.3) is 0 Å². The summed E-state index contributed by atoms with van der Waals surface area (Å²) in [5, 5.41) is 9.38. The second kappa shape index (κ2) is 4.34. The largest absolute Gasteiger partial charge is 0.391 e. The molecule has 1 aromatic carbocycles. The molecule has 0 radical (unpaired) electrons. The van der Waals surface area contributed by atoms with Crippen LogP contribution in [0.2, 0.25) is 0 Å². The second-order valence-electron chi connectivity index (χ2n) is 4.29. The van der Waals surface area contributed by atoms with Crippen LogP contribution in [0.3, 0.4) is 0 Å². The van der Waals surface area contributed by atoms with Gasteiger partial charge in [0, 0.05) is 5.69 Å². The van der Waals surface area contributed by atoms with E-state index >= 15 is 0 Å². The van der Waals surface area contributed by atoms with Crippen molar-refractivity contribution in [2.75, 3.05) is 11.4 Å². The lowest BCUT2D eigenvalue weighted by Gasteiger charge is -2.17. The first-order valence-corrected chi connectivity index (χ1v) is 6.79. The molecule has 6 nitrogen and oxygen atoms in total. The third-order valence-corrected chi connectivity index (χ3v) is 3.86. The van der Waals surface area contributed by atoms with Gasteiger partial charge in [-0.3, -0.25) is 9.35 Å². The van der Waals surface area contributed by atoms with Crippen LogP contribution in [-0.4, -0.2) is 36.6 Å². The number of hydrogen-bond donors (Lipinski definition) is 2. The zero-order valence-corrected chi connectivity index (χ0v) is 10.5. The Kier molecular flexibility index (Phi) is 3.14. The summed E-state index contributed by atoms with van der Waals surface area (Å²) in [6.07, 6.45) is -0.720. The van der Waals surface area contributed by atoms with Gasteiger partial charge in [0.1, 0.15) is 0 Å². The molecular weight excluding hydrogens is 258 g/mol. The Hall–Kier alpha value is -1.44. The molecule has 1 aliphatic rings. The van der Waals surface area contributed by atoms with E-state index in [2.05, 4.69) is 0 Å². The molecule has 1 aliphatic heterocycles. The minimum absolute atomic E-state index is 0.0229. The standard InChI is InChI=1S/C11H13NO5S/c1-7-2-3-8(4-10(7)18(15,16)17)12-6-9(13)5-11(12)14/h2-4,9,13H,5-6H2,1H3,(H,15,16,17). The van der Waals surface area contributed by atoms with Gasteiger partial charge in [0.2, 0.25) is 5.91 Å². The van der Waals surface area contributed by atoms with E-state index in [4.69, 9.17) is 4.55 Å². The highest BCUT2D eigenvalue weighted by Gasteiger charge is 2.29. The maximum Gasteiger partial charge on any atom is 0.294 e. The Balaban J connectivity index is 2.45. The van der Waals surface area contributed by atoms with Gasteiger partial charge in [-0.05, 0) is 24.6 Å². The summed E-state index contributed by atoms with van der Waals surface area (Å²) in [7, 11) is -4.32. The number of rotatable bonds is 2. The third kappa shape index (κ3) is 2.38. The van der Waals surface area contributed by atoms with Crippen molar-refractivity contribution in [3.8, 4) is 0 Å². The number of amides is 1. The fraction of sp³-hybridized carbons (Fsp3) is 0.364. The molecule has 1 heterocycles. The predicted molar refractivity (Wildman–Crippen MR) is 64.0 cm³/mol. The number of β-amino-alcohol motifs (C(OH)–C–C–N with tert-alkyl or cyclic N) is 1. The Labute approximate surface area is 105 Å². The van der Waals surface area contributed by atoms with Gasteiger partial charge in [-0.1, -0.05) is 6.07 Å². The number of carbonyl (C=O) groups excluding carboxylic acids is 1. The van der Waals surface area contributed by atoms with Crippen molar-refractivity contribution in [1.29, 1.82) is 0 Å². The Morgan fingerprint density at radius 2 is 2.06 bits per heavy atom. The van der Waals surface area contributed by atoms with Crippen molar-refractivity contribution in [3.63, 3.8) is 0 Å². The van der Waals surface area contributed by atoms with E-state index in [0.717, 1.165) is 0 Å². The molecule has 1 amide bonds. The quantitative estimate of drug-likeness (QED) is 0.756. The fourth-order valence-corrected chi connectivity index (χ4v) is 2.72. The number of benzene rings is 1. The lowest BCUT2D eigenvalue weighted by Crippen LogP contribution is -2.25. The van der Waals surface area contributed by atoms with Gasteiger partial charge < -0.3 is 10.0 Å². The first kappa shape index (κ1) is 13.0. The molecule has 1 aromatic rings. The van der Waals surface area contributed by atoms with Gasteiger partial charge in [0.15, 0.2) is 0 Å². The lowest BCUT2D eigenvalue weighted by atomic mass is 10.2. The molecular formula is C11H13NO5S. The summed E-state index contributed by atoms with van der Waals surface area (Å²) >= 11 is 0. The molecule has 18 heavy (non-hydrogen) atoms. The molecule has 1 fully saturated rings. The van der Waals surface area contributed by atoms with Crippen molar-refractivity contribution in [1.82, 2.24) is 0 Å². The van der Waals surface area contributed by atoms with Gasteiger partial charge in [-0.15, -0.1) is 0 Å². The zero-order chi connectivity index (χ0) is 13.5. The van der Waals surface area contributed by atoms with Gasteiger partial charge in [-0.25, -0.2) is 0 Å². The molecule has 0 spiro atoms. The SMILES string of the molecule is Cc1ccc(N2CC(O)CC2=O)cc1S(=O)(=O)O. The summed E-state index contributed by atoms with van der Waals surface area (Å²) in [5.41, 5.74) is 0.753. The Bertz CT molecular complexity index is 595. The van der Waals surface area contributed by atoms with E-state index in [-0.39, 0.29) is 23.8 Å². The average Bonchev–Trinajstić information content (AvgIpc) is 2.57. The highest BCUT2D eigenvalue weighted by Crippen LogP contribution is 2.26. The number of aliphatic hydroxyl groups is 1. The van der Waals surface area contributed by atoms with E-state index in [1.54, 1.807) is 13.0 Å². The second-order valence-corrected chi connectivity index (χ2v) is 5.68. The highest BCUT2D eigenvalue weighted by atomic mass is 32.2. The van der Waals surface area contributed by atoms with Crippen LogP contribution in [0, 0.1) is 6.92 Å². The molecule has 0 bridgehead atoms. The van der Waals surface area contributed by atoms with Crippen molar-refractivity contribution in [3.05, 3.63) is 23.8 Å². The van der Waals surface area contributed by atoms with Crippen LogP contribution in [-0.2, 0) is 14.9 Å². The maximum absolute atomic E-state index is 11.6. The summed E-state index contributed by atoms with van der Waals surface area (Å²) in [4.78, 5) is 12.7. The van der Waals surface area contributed by atoms with Crippen LogP contribution in [0.5, 0.6) is 0 Å². The highest BCUT2D eigenvalue weighted by molar-refractivity contribution is 7.85. The molecule has 2 rings (SSSR count). The summed E-state index contributed by atoms with van der Waals surface area (Å²) in [6, 6.07) is 4.33. The number of carbonyl (C=O) groups is 1. The topological polar surface area (TPSA) is 94.9 Å². The number of hydrogen-bond acceptors (Lipinski definition) is 4. The van der Waals surface area contributed by atoms with Gasteiger partial charge >= 0.3 is 0 Å². The van der Waals surface area contributed by atoms with Crippen LogP contribution in [0.1, 0.15) is 12.0 Å². The first-order chi connectivity index (χ1) is 8.29. The minimum Gasteiger partial charge on any atom is -0.391 e. The third-order valence-electron chi connectivity index (χ3n) is 2.87. The normalized spacial score (nSPS) is 20.5. The number of anilines is 1. The first-order valence-electron chi connectivity index (χ1n) is 5.35.